The lowest BCUT2D eigenvalue weighted by Crippen LogP contribution is -2.61. The molecule has 0 saturated carbocycles. The van der Waals surface area contributed by atoms with Gasteiger partial charge >= 0.3 is 6.09 Å². The molecule has 1 aromatic rings. The molecule has 7 heteroatoms. The number of piperazine rings is 1. The molecule has 108 valence electrons. The zero-order valence-corrected chi connectivity index (χ0v) is 11.9. The van der Waals surface area contributed by atoms with Crippen LogP contribution in [0.3, 0.4) is 0 Å². The Kier molecular flexibility index (Phi) is 3.20. The maximum absolute atomic E-state index is 14.0. The van der Waals surface area contributed by atoms with Crippen LogP contribution in [0.1, 0.15) is 13.3 Å². The molecule has 1 aromatic heterocycles. The molecule has 0 N–H and O–H groups in total. The molecule has 1 atom stereocenters. The van der Waals surface area contributed by atoms with Crippen LogP contribution in [0.5, 0.6) is 0 Å². The number of halogens is 2. The molecule has 2 fully saturated rings. The summed E-state index contributed by atoms with van der Waals surface area (Å²) in [6.07, 6.45) is 1.90. The monoisotopic (exact) mass is 299 g/mol. The van der Waals surface area contributed by atoms with E-state index in [0.717, 1.165) is 6.42 Å². The number of carbonyl (C=O) groups excluding carboxylic acids is 1. The molecular weight excluding hydrogens is 285 g/mol. The van der Waals surface area contributed by atoms with E-state index in [1.165, 1.54) is 12.3 Å². The summed E-state index contributed by atoms with van der Waals surface area (Å²) < 4.78 is 19.1. The fraction of sp³-hybridized carbons (Fsp3) is 0.538. The summed E-state index contributed by atoms with van der Waals surface area (Å²) in [7, 11) is 0. The molecule has 0 aromatic carbocycles. The number of aromatic nitrogens is 1. The van der Waals surface area contributed by atoms with Crippen LogP contribution in [0.4, 0.5) is 15.0 Å². The summed E-state index contributed by atoms with van der Waals surface area (Å²) in [5, 5.41) is 0.273. The van der Waals surface area contributed by atoms with Gasteiger partial charge in [0.1, 0.15) is 6.61 Å². The Balaban J connectivity index is 1.89. The predicted octanol–water partition coefficient (Wildman–Crippen LogP) is 2.30. The molecule has 1 unspecified atom stereocenters. The molecule has 2 aliphatic heterocycles. The molecule has 3 heterocycles. The number of cyclic esters (lactones) is 1. The van der Waals surface area contributed by atoms with Gasteiger partial charge in [-0.05, 0) is 12.5 Å². The molecule has 2 saturated heterocycles. The van der Waals surface area contributed by atoms with Gasteiger partial charge in [-0.3, -0.25) is 4.90 Å². The largest absolute Gasteiger partial charge is 0.447 e. The first-order valence-electron chi connectivity index (χ1n) is 6.56. The number of nitrogens with zero attached hydrogens (tertiary/aromatic N) is 3. The second-order valence-corrected chi connectivity index (χ2v) is 5.60. The molecule has 20 heavy (non-hydrogen) atoms. The Labute approximate surface area is 121 Å². The number of carbonyl (C=O) groups is 1. The quantitative estimate of drug-likeness (QED) is 0.840. The Morgan fingerprint density at radius 2 is 2.35 bits per heavy atom. The third-order valence-electron chi connectivity index (χ3n) is 4.08. The first-order valence-corrected chi connectivity index (χ1v) is 6.94. The summed E-state index contributed by atoms with van der Waals surface area (Å²) >= 11 is 5.72. The number of pyridine rings is 1. The molecule has 0 spiro atoms. The van der Waals surface area contributed by atoms with Crippen molar-refractivity contribution in [3.8, 4) is 0 Å². The number of fused-ring (bicyclic) bond motifs is 1. The van der Waals surface area contributed by atoms with Crippen LogP contribution in [0.25, 0.3) is 0 Å². The average Bonchev–Trinajstić information content (AvgIpc) is 2.76. The summed E-state index contributed by atoms with van der Waals surface area (Å²) in [6, 6.07) is 1.26. The molecule has 0 radical (unpaired) electrons. The maximum Gasteiger partial charge on any atom is 0.410 e. The number of amides is 1. The number of ether oxygens (including phenoxy) is 1. The highest BCUT2D eigenvalue weighted by Crippen LogP contribution is 2.34. The Hall–Kier alpha value is -1.56. The number of hydrogen-bond acceptors (Lipinski definition) is 4. The number of rotatable bonds is 2. The van der Waals surface area contributed by atoms with E-state index >= 15 is 0 Å². The summed E-state index contributed by atoms with van der Waals surface area (Å²) in [4.78, 5) is 19.4. The van der Waals surface area contributed by atoms with Crippen molar-refractivity contribution in [2.45, 2.75) is 18.9 Å². The van der Waals surface area contributed by atoms with Crippen LogP contribution in [0.15, 0.2) is 12.3 Å². The lowest BCUT2D eigenvalue weighted by atomic mass is 9.93. The maximum atomic E-state index is 14.0. The third-order valence-corrected chi connectivity index (χ3v) is 4.29. The molecule has 3 rings (SSSR count). The first-order chi connectivity index (χ1) is 9.55. The van der Waals surface area contributed by atoms with Crippen molar-refractivity contribution in [2.24, 2.45) is 0 Å². The lowest BCUT2D eigenvalue weighted by molar-refractivity contribution is 0.137. The van der Waals surface area contributed by atoms with Crippen LogP contribution in [-0.4, -0.2) is 47.8 Å². The lowest BCUT2D eigenvalue weighted by Gasteiger charge is -2.44. The van der Waals surface area contributed by atoms with E-state index in [1.54, 1.807) is 4.90 Å². The topological polar surface area (TPSA) is 45.7 Å². The van der Waals surface area contributed by atoms with E-state index < -0.39 is 5.82 Å². The highest BCUT2D eigenvalue weighted by molar-refractivity contribution is 6.30. The fourth-order valence-corrected chi connectivity index (χ4v) is 3.03. The van der Waals surface area contributed by atoms with Crippen LogP contribution >= 0.6 is 11.6 Å². The van der Waals surface area contributed by atoms with Gasteiger partial charge in [-0.15, -0.1) is 0 Å². The first kappa shape index (κ1) is 13.4. The highest BCUT2D eigenvalue weighted by Gasteiger charge is 2.50. The van der Waals surface area contributed by atoms with Crippen molar-refractivity contribution in [1.82, 2.24) is 9.88 Å². The van der Waals surface area contributed by atoms with Gasteiger partial charge in [0.05, 0.1) is 10.6 Å². The van der Waals surface area contributed by atoms with E-state index in [9.17, 15) is 9.18 Å². The molecule has 1 amide bonds. The van der Waals surface area contributed by atoms with Crippen LogP contribution in [-0.2, 0) is 4.74 Å². The Morgan fingerprint density at radius 1 is 1.55 bits per heavy atom. The third kappa shape index (κ3) is 1.98. The van der Waals surface area contributed by atoms with Crippen molar-refractivity contribution >= 4 is 23.5 Å². The summed E-state index contributed by atoms with van der Waals surface area (Å²) in [5.74, 6) is -0.163. The average molecular weight is 300 g/mol. The van der Waals surface area contributed by atoms with Gasteiger partial charge in [-0.1, -0.05) is 18.5 Å². The summed E-state index contributed by atoms with van der Waals surface area (Å²) in [5.41, 5.74) is -0.386. The minimum absolute atomic E-state index is 0.273. The van der Waals surface area contributed by atoms with E-state index in [2.05, 4.69) is 4.98 Å². The van der Waals surface area contributed by atoms with Crippen molar-refractivity contribution in [1.29, 1.82) is 0 Å². The van der Waals surface area contributed by atoms with Crippen LogP contribution in [0.2, 0.25) is 5.02 Å². The van der Waals surface area contributed by atoms with Crippen molar-refractivity contribution in [2.75, 3.05) is 31.1 Å². The molecule has 5 nitrogen and oxygen atoms in total. The zero-order valence-electron chi connectivity index (χ0n) is 11.1. The van der Waals surface area contributed by atoms with E-state index in [1.807, 2.05) is 11.8 Å². The van der Waals surface area contributed by atoms with E-state index in [-0.39, 0.29) is 22.5 Å². The fourth-order valence-electron chi connectivity index (χ4n) is 2.89. The smallest absolute Gasteiger partial charge is 0.410 e. The SMILES string of the molecule is CCC12COC(=O)N1CCN(c1ncc(Cl)cc1F)C2. The highest BCUT2D eigenvalue weighted by atomic mass is 35.5. The second-order valence-electron chi connectivity index (χ2n) is 5.16. The van der Waals surface area contributed by atoms with E-state index in [4.69, 9.17) is 16.3 Å². The van der Waals surface area contributed by atoms with Crippen molar-refractivity contribution in [3.05, 3.63) is 23.1 Å². The van der Waals surface area contributed by atoms with Crippen LogP contribution < -0.4 is 4.90 Å². The minimum atomic E-state index is -0.442. The standard InChI is InChI=1S/C13H15ClFN3O2/c1-2-13-7-17(3-4-18(13)12(19)20-8-13)11-10(15)5-9(14)6-16-11/h5-6H,2-4,7-8H2,1H3. The van der Waals surface area contributed by atoms with Crippen molar-refractivity contribution in [3.63, 3.8) is 0 Å². The van der Waals surface area contributed by atoms with Crippen molar-refractivity contribution < 1.29 is 13.9 Å². The van der Waals surface area contributed by atoms with Gasteiger partial charge < -0.3 is 9.64 Å². The molecule has 0 aliphatic carbocycles. The molecule has 0 bridgehead atoms. The zero-order chi connectivity index (χ0) is 14.3. The van der Waals surface area contributed by atoms with Gasteiger partial charge in [0.25, 0.3) is 0 Å². The van der Waals surface area contributed by atoms with Gasteiger partial charge in [0, 0.05) is 25.8 Å². The second kappa shape index (κ2) is 4.77. The van der Waals surface area contributed by atoms with Gasteiger partial charge in [-0.2, -0.15) is 0 Å². The Morgan fingerprint density at radius 3 is 3.05 bits per heavy atom. The molecular formula is C13H15ClFN3O2. The van der Waals surface area contributed by atoms with Crippen LogP contribution in [0, 0.1) is 5.82 Å². The number of hydrogen-bond donors (Lipinski definition) is 0. The van der Waals surface area contributed by atoms with Gasteiger partial charge in [0.15, 0.2) is 11.6 Å². The minimum Gasteiger partial charge on any atom is -0.447 e. The number of anilines is 1. The predicted molar refractivity (Wildman–Crippen MR) is 72.5 cm³/mol. The van der Waals surface area contributed by atoms with Gasteiger partial charge in [-0.25, -0.2) is 14.2 Å². The normalized spacial score (nSPS) is 25.6. The van der Waals surface area contributed by atoms with E-state index in [0.29, 0.717) is 26.2 Å². The Bertz CT molecular complexity index is 556. The molecule has 2 aliphatic rings. The summed E-state index contributed by atoms with van der Waals surface area (Å²) in [6.45, 7) is 3.90. The van der Waals surface area contributed by atoms with Gasteiger partial charge in [0.2, 0.25) is 0 Å².